The van der Waals surface area contributed by atoms with Crippen molar-refractivity contribution >= 4 is 28.2 Å². The van der Waals surface area contributed by atoms with Crippen molar-refractivity contribution in [2.24, 2.45) is 0 Å². The van der Waals surface area contributed by atoms with Crippen molar-refractivity contribution in [3.63, 3.8) is 0 Å². The molecule has 0 atom stereocenters. The third-order valence-electron chi connectivity index (χ3n) is 4.81. The Labute approximate surface area is 161 Å². The first-order chi connectivity index (χ1) is 13.2. The van der Waals surface area contributed by atoms with Crippen molar-refractivity contribution in [1.82, 2.24) is 0 Å². The Morgan fingerprint density at radius 1 is 1.15 bits per heavy atom. The molecule has 1 aliphatic carbocycles. The van der Waals surface area contributed by atoms with Gasteiger partial charge in [0.1, 0.15) is 10.6 Å². The summed E-state index contributed by atoms with van der Waals surface area (Å²) in [4.78, 5) is 24.8. The van der Waals surface area contributed by atoms with E-state index in [1.165, 1.54) is 48.7 Å². The van der Waals surface area contributed by atoms with Crippen molar-refractivity contribution in [1.29, 1.82) is 0 Å². The predicted octanol–water partition coefficient (Wildman–Crippen LogP) is 4.93. The number of carbonyl (C=O) groups excluding carboxylic acids is 2. The van der Waals surface area contributed by atoms with Gasteiger partial charge in [-0.15, -0.1) is 11.3 Å². The molecule has 0 fully saturated rings. The second kappa shape index (κ2) is 7.40. The number of ether oxygens (including phenoxy) is 1. The minimum Gasteiger partial charge on any atom is -0.465 e. The molecule has 0 bridgehead atoms. The Bertz CT molecular complexity index is 988. The van der Waals surface area contributed by atoms with Crippen molar-refractivity contribution in [2.45, 2.75) is 25.7 Å². The average Bonchev–Trinajstić information content (AvgIpc) is 3.37. The molecule has 0 radical (unpaired) electrons. The maximum Gasteiger partial charge on any atom is 0.341 e. The highest BCUT2D eigenvalue weighted by molar-refractivity contribution is 7.15. The zero-order valence-corrected chi connectivity index (χ0v) is 15.7. The molecule has 4 rings (SSSR count). The minimum atomic E-state index is -0.473. The number of furan rings is 1. The maximum absolute atomic E-state index is 12.5. The second-order valence-electron chi connectivity index (χ2n) is 6.47. The van der Waals surface area contributed by atoms with Crippen LogP contribution in [0.15, 0.2) is 46.4 Å². The predicted molar refractivity (Wildman–Crippen MR) is 104 cm³/mol. The van der Waals surface area contributed by atoms with Crippen LogP contribution in [-0.2, 0) is 17.6 Å². The number of thiophene rings is 1. The van der Waals surface area contributed by atoms with E-state index >= 15 is 0 Å². The summed E-state index contributed by atoms with van der Waals surface area (Å²) in [6, 6.07) is 9.55. The summed E-state index contributed by atoms with van der Waals surface area (Å²) < 4.78 is 10.1. The fourth-order valence-corrected chi connectivity index (χ4v) is 4.39. The molecule has 5 nitrogen and oxygen atoms in total. The van der Waals surface area contributed by atoms with Gasteiger partial charge in [-0.3, -0.25) is 4.79 Å². The van der Waals surface area contributed by atoms with Gasteiger partial charge < -0.3 is 14.5 Å². The maximum atomic E-state index is 12.5. The van der Waals surface area contributed by atoms with E-state index in [1.807, 2.05) is 11.4 Å². The molecule has 2 aromatic heterocycles. The summed E-state index contributed by atoms with van der Waals surface area (Å²) in [5.74, 6) is -0.683. The Hall–Kier alpha value is -2.86. The van der Waals surface area contributed by atoms with Gasteiger partial charge in [-0.25, -0.2) is 4.79 Å². The minimum absolute atomic E-state index is 0.189. The third kappa shape index (κ3) is 3.40. The average molecular weight is 381 g/mol. The fourth-order valence-electron chi connectivity index (χ4n) is 3.44. The summed E-state index contributed by atoms with van der Waals surface area (Å²) in [6.45, 7) is 0. The number of esters is 1. The molecule has 138 valence electrons. The molecule has 27 heavy (non-hydrogen) atoms. The standard InChI is InChI=1S/C21H19NO4S/c1-25-21(24)18-16(15-9-8-13-5-2-3-6-14(13)11-15)12-27-20(18)22-19(23)17-7-4-10-26-17/h4,7-12H,2-3,5-6H2,1H3,(H,22,23). The summed E-state index contributed by atoms with van der Waals surface area (Å²) in [5.41, 5.74) is 4.83. The quantitative estimate of drug-likeness (QED) is 0.651. The Balaban J connectivity index is 1.72. The SMILES string of the molecule is COC(=O)c1c(-c2ccc3c(c2)CCCC3)csc1NC(=O)c1ccco1. The molecule has 6 heteroatoms. The monoisotopic (exact) mass is 381 g/mol. The van der Waals surface area contributed by atoms with Crippen LogP contribution in [0.3, 0.4) is 0 Å². The molecule has 0 saturated carbocycles. The molecule has 1 amide bonds. The summed E-state index contributed by atoms with van der Waals surface area (Å²) in [7, 11) is 1.34. The van der Waals surface area contributed by atoms with Crippen molar-refractivity contribution in [2.75, 3.05) is 12.4 Å². The molecule has 0 aliphatic heterocycles. The van der Waals surface area contributed by atoms with Gasteiger partial charge >= 0.3 is 5.97 Å². The lowest BCUT2D eigenvalue weighted by Crippen LogP contribution is -2.13. The van der Waals surface area contributed by atoms with Crippen LogP contribution in [0.1, 0.15) is 44.9 Å². The lowest BCUT2D eigenvalue weighted by molar-refractivity contribution is 0.0603. The number of carbonyl (C=O) groups is 2. The number of rotatable bonds is 4. The van der Waals surface area contributed by atoms with E-state index in [0.29, 0.717) is 10.6 Å². The van der Waals surface area contributed by atoms with Crippen LogP contribution in [-0.4, -0.2) is 19.0 Å². The molecule has 1 aromatic carbocycles. The zero-order chi connectivity index (χ0) is 18.8. The molecule has 1 aliphatic rings. The lowest BCUT2D eigenvalue weighted by atomic mass is 9.89. The second-order valence-corrected chi connectivity index (χ2v) is 7.35. The first-order valence-corrected chi connectivity index (χ1v) is 9.72. The van der Waals surface area contributed by atoms with E-state index in [-0.39, 0.29) is 5.76 Å². The number of fused-ring (bicyclic) bond motifs is 1. The van der Waals surface area contributed by atoms with Crippen molar-refractivity contribution in [3.8, 4) is 11.1 Å². The van der Waals surface area contributed by atoms with Crippen LogP contribution in [0, 0.1) is 0 Å². The number of anilines is 1. The number of hydrogen-bond donors (Lipinski definition) is 1. The van der Waals surface area contributed by atoms with Gasteiger partial charge in [0.25, 0.3) is 5.91 Å². The Morgan fingerprint density at radius 2 is 1.96 bits per heavy atom. The molecule has 0 spiro atoms. The highest BCUT2D eigenvalue weighted by Gasteiger charge is 2.24. The smallest absolute Gasteiger partial charge is 0.341 e. The number of amides is 1. The molecule has 0 unspecified atom stereocenters. The summed E-state index contributed by atoms with van der Waals surface area (Å²) in [5, 5.41) is 5.10. The van der Waals surface area contributed by atoms with Crippen LogP contribution in [0.25, 0.3) is 11.1 Å². The molecule has 2 heterocycles. The van der Waals surface area contributed by atoms with Crippen molar-refractivity contribution < 1.29 is 18.7 Å². The van der Waals surface area contributed by atoms with Gasteiger partial charge in [-0.2, -0.15) is 0 Å². The van der Waals surface area contributed by atoms with E-state index in [2.05, 4.69) is 17.4 Å². The largest absolute Gasteiger partial charge is 0.465 e. The number of methoxy groups -OCH3 is 1. The molecule has 1 N–H and O–H groups in total. The highest BCUT2D eigenvalue weighted by Crippen LogP contribution is 2.38. The number of benzene rings is 1. The third-order valence-corrected chi connectivity index (χ3v) is 5.71. The summed E-state index contributed by atoms with van der Waals surface area (Å²) >= 11 is 1.30. The Kier molecular flexibility index (Phi) is 4.81. The van der Waals surface area contributed by atoms with Gasteiger partial charge in [-0.1, -0.05) is 18.2 Å². The van der Waals surface area contributed by atoms with Crippen LogP contribution < -0.4 is 5.32 Å². The lowest BCUT2D eigenvalue weighted by Gasteiger charge is -2.16. The highest BCUT2D eigenvalue weighted by atomic mass is 32.1. The van der Waals surface area contributed by atoms with E-state index < -0.39 is 11.9 Å². The van der Waals surface area contributed by atoms with Crippen LogP contribution in [0.4, 0.5) is 5.00 Å². The van der Waals surface area contributed by atoms with Gasteiger partial charge in [-0.05, 0) is 54.5 Å². The fraction of sp³-hybridized carbons (Fsp3) is 0.238. The number of aryl methyl sites for hydroxylation is 2. The van der Waals surface area contributed by atoms with Crippen LogP contribution >= 0.6 is 11.3 Å². The van der Waals surface area contributed by atoms with Gasteiger partial charge in [0.15, 0.2) is 5.76 Å². The molecular formula is C21H19NO4S. The molecule has 0 saturated heterocycles. The van der Waals surface area contributed by atoms with Crippen LogP contribution in [0.2, 0.25) is 0 Å². The van der Waals surface area contributed by atoms with E-state index in [9.17, 15) is 9.59 Å². The zero-order valence-electron chi connectivity index (χ0n) is 14.9. The first kappa shape index (κ1) is 17.5. The first-order valence-electron chi connectivity index (χ1n) is 8.84. The van der Waals surface area contributed by atoms with E-state index in [0.717, 1.165) is 24.0 Å². The number of nitrogens with one attached hydrogen (secondary N) is 1. The van der Waals surface area contributed by atoms with Gasteiger partial charge in [0.2, 0.25) is 0 Å². The van der Waals surface area contributed by atoms with Gasteiger partial charge in [0, 0.05) is 10.9 Å². The van der Waals surface area contributed by atoms with Gasteiger partial charge in [0.05, 0.1) is 13.4 Å². The normalized spacial score (nSPS) is 13.1. The molecular weight excluding hydrogens is 362 g/mol. The van der Waals surface area contributed by atoms with Crippen LogP contribution in [0.5, 0.6) is 0 Å². The number of hydrogen-bond acceptors (Lipinski definition) is 5. The van der Waals surface area contributed by atoms with E-state index in [1.54, 1.807) is 12.1 Å². The summed E-state index contributed by atoms with van der Waals surface area (Å²) in [6.07, 6.45) is 6.01. The Morgan fingerprint density at radius 3 is 2.70 bits per heavy atom. The van der Waals surface area contributed by atoms with Crippen molar-refractivity contribution in [3.05, 3.63) is 64.4 Å². The molecule has 3 aromatic rings. The van der Waals surface area contributed by atoms with E-state index in [4.69, 9.17) is 9.15 Å². The topological polar surface area (TPSA) is 68.5 Å².